The van der Waals surface area contributed by atoms with Crippen molar-refractivity contribution in [2.45, 2.75) is 32.8 Å². The highest BCUT2D eigenvalue weighted by molar-refractivity contribution is 9.10. The van der Waals surface area contributed by atoms with Crippen LogP contribution in [0, 0.1) is 11.7 Å². The number of hydrogen-bond donors (Lipinski definition) is 2. The lowest BCUT2D eigenvalue weighted by Gasteiger charge is -2.25. The van der Waals surface area contributed by atoms with Gasteiger partial charge in [-0.2, -0.15) is 0 Å². The lowest BCUT2D eigenvalue weighted by Crippen LogP contribution is -2.43. The van der Waals surface area contributed by atoms with Crippen LogP contribution in [0.3, 0.4) is 0 Å². The van der Waals surface area contributed by atoms with E-state index in [1.165, 1.54) is 12.1 Å². The molecular weight excluding hydrogens is 341 g/mol. The Kier molecular flexibility index (Phi) is 6.61. The molecule has 2 N–H and O–H groups in total. The van der Waals surface area contributed by atoms with Crippen molar-refractivity contribution in [2.75, 3.05) is 13.2 Å². The van der Waals surface area contributed by atoms with Crippen LogP contribution in [-0.4, -0.2) is 29.8 Å². The van der Waals surface area contributed by atoms with Crippen LogP contribution in [0.1, 0.15) is 27.2 Å². The molecule has 1 atom stereocenters. The molecule has 0 saturated carbocycles. The van der Waals surface area contributed by atoms with Crippen molar-refractivity contribution >= 4 is 21.8 Å². The van der Waals surface area contributed by atoms with Crippen molar-refractivity contribution < 1.29 is 19.0 Å². The highest BCUT2D eigenvalue weighted by Gasteiger charge is 2.22. The highest BCUT2D eigenvalue weighted by Crippen LogP contribution is 2.21. The molecule has 1 aromatic carbocycles. The molecule has 0 bridgehead atoms. The molecule has 0 aliphatic carbocycles. The SMILES string of the molecule is CC(C)CC(C)(O)CNC(=O)COc1ccc(Br)cc1F. The fourth-order valence-corrected chi connectivity index (χ4v) is 2.36. The van der Waals surface area contributed by atoms with E-state index in [2.05, 4.69) is 21.2 Å². The summed E-state index contributed by atoms with van der Waals surface area (Å²) in [5.41, 5.74) is -0.966. The zero-order chi connectivity index (χ0) is 16.0. The Morgan fingerprint density at radius 1 is 1.52 bits per heavy atom. The zero-order valence-corrected chi connectivity index (χ0v) is 14.0. The van der Waals surface area contributed by atoms with Crippen molar-refractivity contribution in [3.05, 3.63) is 28.5 Å². The largest absolute Gasteiger partial charge is 0.481 e. The smallest absolute Gasteiger partial charge is 0.258 e. The van der Waals surface area contributed by atoms with Gasteiger partial charge in [0.2, 0.25) is 0 Å². The lowest BCUT2D eigenvalue weighted by atomic mass is 9.94. The van der Waals surface area contributed by atoms with E-state index in [0.717, 1.165) is 0 Å². The number of carbonyl (C=O) groups excluding carboxylic acids is 1. The Morgan fingerprint density at radius 3 is 2.76 bits per heavy atom. The maximum absolute atomic E-state index is 13.5. The summed E-state index contributed by atoms with van der Waals surface area (Å²) < 4.78 is 19.2. The summed E-state index contributed by atoms with van der Waals surface area (Å²) in [6.07, 6.45) is 0.579. The Labute approximate surface area is 132 Å². The van der Waals surface area contributed by atoms with Crippen molar-refractivity contribution in [3.8, 4) is 5.75 Å². The third-order valence-electron chi connectivity index (χ3n) is 2.77. The summed E-state index contributed by atoms with van der Waals surface area (Å²) in [5, 5.41) is 12.7. The van der Waals surface area contributed by atoms with Gasteiger partial charge < -0.3 is 15.2 Å². The first kappa shape index (κ1) is 17.9. The van der Waals surface area contributed by atoms with E-state index < -0.39 is 17.3 Å². The van der Waals surface area contributed by atoms with E-state index in [-0.39, 0.29) is 18.9 Å². The molecule has 6 heteroatoms. The molecule has 1 rings (SSSR count). The number of carbonyl (C=O) groups is 1. The molecule has 1 aromatic rings. The van der Waals surface area contributed by atoms with E-state index in [0.29, 0.717) is 16.8 Å². The van der Waals surface area contributed by atoms with Gasteiger partial charge >= 0.3 is 0 Å². The van der Waals surface area contributed by atoms with Gasteiger partial charge in [0, 0.05) is 11.0 Å². The van der Waals surface area contributed by atoms with E-state index >= 15 is 0 Å². The summed E-state index contributed by atoms with van der Waals surface area (Å²) in [6.45, 7) is 5.50. The van der Waals surface area contributed by atoms with Crippen LogP contribution in [-0.2, 0) is 4.79 Å². The fourth-order valence-electron chi connectivity index (χ4n) is 2.03. The second-order valence-electron chi connectivity index (χ2n) is 5.74. The van der Waals surface area contributed by atoms with E-state index in [4.69, 9.17) is 4.74 Å². The van der Waals surface area contributed by atoms with E-state index in [1.54, 1.807) is 13.0 Å². The fraction of sp³-hybridized carbons (Fsp3) is 0.533. The van der Waals surface area contributed by atoms with Gasteiger partial charge in [-0.1, -0.05) is 29.8 Å². The molecule has 21 heavy (non-hydrogen) atoms. The number of ether oxygens (including phenoxy) is 1. The predicted molar refractivity (Wildman–Crippen MR) is 82.7 cm³/mol. The molecule has 0 aliphatic heterocycles. The van der Waals surface area contributed by atoms with Crippen LogP contribution in [0.4, 0.5) is 4.39 Å². The maximum atomic E-state index is 13.5. The van der Waals surface area contributed by atoms with Crippen LogP contribution >= 0.6 is 15.9 Å². The van der Waals surface area contributed by atoms with Gasteiger partial charge in [0.25, 0.3) is 5.91 Å². The topological polar surface area (TPSA) is 58.6 Å². The molecule has 0 fully saturated rings. The summed E-state index contributed by atoms with van der Waals surface area (Å²) in [7, 11) is 0. The van der Waals surface area contributed by atoms with Crippen LogP contribution in [0.5, 0.6) is 5.75 Å². The quantitative estimate of drug-likeness (QED) is 0.784. The minimum absolute atomic E-state index is 0.0160. The van der Waals surface area contributed by atoms with Gasteiger partial charge in [0.15, 0.2) is 18.2 Å². The van der Waals surface area contributed by atoms with Gasteiger partial charge in [-0.15, -0.1) is 0 Å². The molecule has 0 radical (unpaired) electrons. The van der Waals surface area contributed by atoms with Gasteiger partial charge in [0.05, 0.1) is 5.60 Å². The summed E-state index contributed by atoms with van der Waals surface area (Å²) >= 11 is 3.14. The standard InChI is InChI=1S/C15H21BrFNO3/c1-10(2)7-15(3,20)9-18-14(19)8-21-13-5-4-11(16)6-12(13)17/h4-6,10,20H,7-9H2,1-3H3,(H,18,19). The minimum atomic E-state index is -0.966. The number of aliphatic hydroxyl groups is 1. The molecule has 1 unspecified atom stereocenters. The van der Waals surface area contributed by atoms with Gasteiger partial charge in [-0.3, -0.25) is 4.79 Å². The normalized spacial score (nSPS) is 13.9. The number of amides is 1. The number of benzene rings is 1. The maximum Gasteiger partial charge on any atom is 0.258 e. The Hall–Kier alpha value is -1.14. The van der Waals surface area contributed by atoms with Gasteiger partial charge in [-0.05, 0) is 37.5 Å². The van der Waals surface area contributed by atoms with Crippen molar-refractivity contribution in [1.82, 2.24) is 5.32 Å². The average Bonchev–Trinajstić information content (AvgIpc) is 2.34. The molecule has 118 valence electrons. The first-order chi connectivity index (χ1) is 9.69. The molecule has 0 aliphatic rings. The molecule has 0 aromatic heterocycles. The Morgan fingerprint density at radius 2 is 2.19 bits per heavy atom. The highest BCUT2D eigenvalue weighted by atomic mass is 79.9. The minimum Gasteiger partial charge on any atom is -0.481 e. The number of rotatable bonds is 7. The van der Waals surface area contributed by atoms with E-state index in [1.807, 2.05) is 13.8 Å². The second kappa shape index (κ2) is 7.75. The molecule has 4 nitrogen and oxygen atoms in total. The Bertz CT molecular complexity index is 492. The van der Waals surface area contributed by atoms with Crippen molar-refractivity contribution in [1.29, 1.82) is 0 Å². The summed E-state index contributed by atoms with van der Waals surface area (Å²) in [6, 6.07) is 4.34. The second-order valence-corrected chi connectivity index (χ2v) is 6.65. The monoisotopic (exact) mass is 361 g/mol. The van der Waals surface area contributed by atoms with Gasteiger partial charge in [0.1, 0.15) is 0 Å². The molecule has 1 amide bonds. The number of hydrogen-bond acceptors (Lipinski definition) is 3. The first-order valence-electron chi connectivity index (χ1n) is 6.76. The predicted octanol–water partition coefficient (Wildman–Crippen LogP) is 2.88. The number of nitrogens with one attached hydrogen (secondary N) is 1. The van der Waals surface area contributed by atoms with Crippen molar-refractivity contribution in [2.24, 2.45) is 5.92 Å². The Balaban J connectivity index is 2.41. The third kappa shape index (κ3) is 6.91. The first-order valence-corrected chi connectivity index (χ1v) is 7.56. The van der Waals surface area contributed by atoms with Gasteiger partial charge in [-0.25, -0.2) is 4.39 Å². The summed E-state index contributed by atoms with van der Waals surface area (Å²) in [4.78, 5) is 11.6. The van der Waals surface area contributed by atoms with Crippen LogP contribution in [0.2, 0.25) is 0 Å². The average molecular weight is 362 g/mol. The summed E-state index contributed by atoms with van der Waals surface area (Å²) in [5.74, 6) is -0.599. The lowest BCUT2D eigenvalue weighted by molar-refractivity contribution is -0.124. The van der Waals surface area contributed by atoms with E-state index in [9.17, 15) is 14.3 Å². The molecule has 0 spiro atoms. The molecule has 0 saturated heterocycles. The zero-order valence-electron chi connectivity index (χ0n) is 12.5. The van der Waals surface area contributed by atoms with Crippen LogP contribution in [0.25, 0.3) is 0 Å². The molecular formula is C15H21BrFNO3. The van der Waals surface area contributed by atoms with Crippen LogP contribution < -0.4 is 10.1 Å². The third-order valence-corrected chi connectivity index (χ3v) is 3.26. The van der Waals surface area contributed by atoms with Crippen LogP contribution in [0.15, 0.2) is 22.7 Å². The number of halogens is 2. The molecule has 0 heterocycles. The van der Waals surface area contributed by atoms with Crippen molar-refractivity contribution in [3.63, 3.8) is 0 Å².